The summed E-state index contributed by atoms with van der Waals surface area (Å²) in [4.78, 5) is 28.8. The second-order valence-corrected chi connectivity index (χ2v) is 5.98. The number of hydrogen-bond donors (Lipinski definition) is 1. The summed E-state index contributed by atoms with van der Waals surface area (Å²) in [5, 5.41) is 12.0. The van der Waals surface area contributed by atoms with E-state index in [4.69, 9.17) is 10.00 Å². The molecule has 0 aliphatic heterocycles. The molecule has 0 bridgehead atoms. The minimum atomic E-state index is -0.573. The Morgan fingerprint density at radius 1 is 1.15 bits per heavy atom. The van der Waals surface area contributed by atoms with Crippen LogP contribution in [-0.4, -0.2) is 23.5 Å². The number of para-hydroxylation sites is 1. The third-order valence-electron chi connectivity index (χ3n) is 3.92. The van der Waals surface area contributed by atoms with Gasteiger partial charge in [0.15, 0.2) is 6.61 Å². The van der Waals surface area contributed by atoms with Crippen LogP contribution in [0.1, 0.15) is 21.6 Å². The Morgan fingerprint density at radius 3 is 2.63 bits per heavy atom. The van der Waals surface area contributed by atoms with Crippen LogP contribution < -0.4 is 5.32 Å². The van der Waals surface area contributed by atoms with Gasteiger partial charge < -0.3 is 10.1 Å². The van der Waals surface area contributed by atoms with Crippen molar-refractivity contribution < 1.29 is 14.3 Å². The number of pyridine rings is 1. The van der Waals surface area contributed by atoms with Crippen molar-refractivity contribution in [1.82, 2.24) is 4.98 Å². The van der Waals surface area contributed by atoms with Crippen LogP contribution >= 0.6 is 0 Å². The molecule has 0 saturated carbocycles. The highest BCUT2D eigenvalue weighted by Gasteiger charge is 2.15. The largest absolute Gasteiger partial charge is 0.452 e. The highest BCUT2D eigenvalue weighted by molar-refractivity contribution is 6.04. The standard InChI is InChI=1S/C21H17N3O3/c1-14-12-18(17-4-2-3-5-19(17)23-14)21(26)27-13-20(25)24-16-8-6-15(7-9-16)10-11-22/h2-9,12H,10,13H2,1H3,(H,24,25). The number of nitriles is 1. The van der Waals surface area contributed by atoms with Crippen LogP contribution in [0.2, 0.25) is 0 Å². The van der Waals surface area contributed by atoms with Crippen molar-refractivity contribution in [1.29, 1.82) is 5.26 Å². The van der Waals surface area contributed by atoms with Gasteiger partial charge in [-0.1, -0.05) is 30.3 Å². The minimum Gasteiger partial charge on any atom is -0.452 e. The number of ether oxygens (including phenoxy) is 1. The number of rotatable bonds is 5. The molecule has 0 atom stereocenters. The summed E-state index contributed by atoms with van der Waals surface area (Å²) in [7, 11) is 0. The van der Waals surface area contributed by atoms with Crippen LogP contribution in [0.3, 0.4) is 0 Å². The van der Waals surface area contributed by atoms with E-state index in [1.807, 2.05) is 18.2 Å². The lowest BCUT2D eigenvalue weighted by molar-refractivity contribution is -0.119. The van der Waals surface area contributed by atoms with Gasteiger partial charge in [-0.2, -0.15) is 5.26 Å². The summed E-state index contributed by atoms with van der Waals surface area (Å²) in [6.07, 6.45) is 0.311. The maximum absolute atomic E-state index is 12.4. The molecule has 0 fully saturated rings. The third kappa shape index (κ3) is 4.47. The fourth-order valence-corrected chi connectivity index (χ4v) is 2.68. The first-order valence-electron chi connectivity index (χ1n) is 8.36. The van der Waals surface area contributed by atoms with E-state index >= 15 is 0 Å². The molecule has 3 aromatic rings. The van der Waals surface area contributed by atoms with Gasteiger partial charge in [0.1, 0.15) is 0 Å². The highest BCUT2D eigenvalue weighted by atomic mass is 16.5. The molecule has 27 heavy (non-hydrogen) atoms. The number of aromatic nitrogens is 1. The van der Waals surface area contributed by atoms with Gasteiger partial charge >= 0.3 is 5.97 Å². The van der Waals surface area contributed by atoms with E-state index in [0.29, 0.717) is 34.3 Å². The number of anilines is 1. The molecule has 134 valence electrons. The summed E-state index contributed by atoms with van der Waals surface area (Å²) >= 11 is 0. The Morgan fingerprint density at radius 2 is 1.89 bits per heavy atom. The van der Waals surface area contributed by atoms with Crippen molar-refractivity contribution in [3.8, 4) is 6.07 Å². The Hall–Kier alpha value is -3.72. The van der Waals surface area contributed by atoms with Gasteiger partial charge in [0.2, 0.25) is 0 Å². The van der Waals surface area contributed by atoms with E-state index in [2.05, 4.69) is 16.4 Å². The fraction of sp³-hybridized carbons (Fsp3) is 0.143. The van der Waals surface area contributed by atoms with E-state index in [1.54, 1.807) is 43.3 Å². The lowest BCUT2D eigenvalue weighted by atomic mass is 10.1. The maximum Gasteiger partial charge on any atom is 0.339 e. The number of amides is 1. The van der Waals surface area contributed by atoms with Crippen molar-refractivity contribution in [2.75, 3.05) is 11.9 Å². The zero-order valence-electron chi connectivity index (χ0n) is 14.7. The number of hydrogen-bond acceptors (Lipinski definition) is 5. The number of carbonyl (C=O) groups excluding carboxylic acids is 2. The molecule has 1 heterocycles. The molecule has 1 aromatic heterocycles. The van der Waals surface area contributed by atoms with Crippen LogP contribution in [0, 0.1) is 18.3 Å². The smallest absolute Gasteiger partial charge is 0.339 e. The summed E-state index contributed by atoms with van der Waals surface area (Å²) in [6, 6.07) is 17.9. The van der Waals surface area contributed by atoms with Gasteiger partial charge in [-0.05, 0) is 36.8 Å². The maximum atomic E-state index is 12.4. The quantitative estimate of drug-likeness (QED) is 0.705. The van der Waals surface area contributed by atoms with Gasteiger partial charge in [-0.15, -0.1) is 0 Å². The zero-order valence-corrected chi connectivity index (χ0v) is 14.7. The zero-order chi connectivity index (χ0) is 19.2. The minimum absolute atomic E-state index is 0.311. The predicted molar refractivity (Wildman–Crippen MR) is 101 cm³/mol. The van der Waals surface area contributed by atoms with Crippen LogP contribution in [-0.2, 0) is 16.0 Å². The first-order chi connectivity index (χ1) is 13.1. The van der Waals surface area contributed by atoms with Crippen LogP contribution in [0.4, 0.5) is 5.69 Å². The predicted octanol–water partition coefficient (Wildman–Crippen LogP) is 3.40. The van der Waals surface area contributed by atoms with Gasteiger partial charge in [-0.25, -0.2) is 4.79 Å². The molecule has 2 aromatic carbocycles. The van der Waals surface area contributed by atoms with Crippen molar-refractivity contribution in [2.45, 2.75) is 13.3 Å². The van der Waals surface area contributed by atoms with Crippen molar-refractivity contribution in [3.63, 3.8) is 0 Å². The monoisotopic (exact) mass is 359 g/mol. The Labute approximate surface area is 156 Å². The number of esters is 1. The van der Waals surface area contributed by atoms with Crippen molar-refractivity contribution in [3.05, 3.63) is 71.4 Å². The Kier molecular flexibility index (Phi) is 5.43. The topological polar surface area (TPSA) is 92.1 Å². The van der Waals surface area contributed by atoms with Gasteiger partial charge in [0.05, 0.1) is 23.6 Å². The second-order valence-electron chi connectivity index (χ2n) is 5.98. The Balaban J connectivity index is 1.64. The molecule has 6 nitrogen and oxygen atoms in total. The number of carbonyl (C=O) groups is 2. The third-order valence-corrected chi connectivity index (χ3v) is 3.92. The van der Waals surface area contributed by atoms with Crippen LogP contribution in [0.25, 0.3) is 10.9 Å². The first kappa shape index (κ1) is 18.1. The lowest BCUT2D eigenvalue weighted by Gasteiger charge is -2.09. The summed E-state index contributed by atoms with van der Waals surface area (Å²) < 4.78 is 5.17. The van der Waals surface area contributed by atoms with Crippen molar-refractivity contribution in [2.24, 2.45) is 0 Å². The average Bonchev–Trinajstić information content (AvgIpc) is 2.67. The Bertz CT molecular complexity index is 1040. The fourth-order valence-electron chi connectivity index (χ4n) is 2.68. The summed E-state index contributed by atoms with van der Waals surface area (Å²) in [5.74, 6) is -1.01. The van der Waals surface area contributed by atoms with E-state index < -0.39 is 18.5 Å². The van der Waals surface area contributed by atoms with Crippen LogP contribution in [0.15, 0.2) is 54.6 Å². The molecule has 0 aliphatic carbocycles. The molecule has 0 aliphatic rings. The van der Waals surface area contributed by atoms with Gasteiger partial charge in [-0.3, -0.25) is 9.78 Å². The first-order valence-corrected chi connectivity index (χ1v) is 8.36. The molecule has 0 radical (unpaired) electrons. The van der Waals surface area contributed by atoms with E-state index in [9.17, 15) is 9.59 Å². The van der Waals surface area contributed by atoms with Crippen molar-refractivity contribution >= 4 is 28.5 Å². The van der Waals surface area contributed by atoms with Gasteiger partial charge in [0, 0.05) is 16.8 Å². The number of aryl methyl sites for hydroxylation is 1. The second kappa shape index (κ2) is 8.11. The summed E-state index contributed by atoms with van der Waals surface area (Å²) in [6.45, 7) is 1.40. The lowest BCUT2D eigenvalue weighted by Crippen LogP contribution is -2.21. The number of nitrogens with zero attached hydrogens (tertiary/aromatic N) is 2. The number of fused-ring (bicyclic) bond motifs is 1. The van der Waals surface area contributed by atoms with E-state index in [1.165, 1.54) is 0 Å². The molecular formula is C21H17N3O3. The number of nitrogens with one attached hydrogen (secondary N) is 1. The molecule has 0 spiro atoms. The molecule has 0 unspecified atom stereocenters. The molecule has 1 amide bonds. The molecule has 1 N–H and O–H groups in total. The molecule has 3 rings (SSSR count). The molecule has 0 saturated heterocycles. The van der Waals surface area contributed by atoms with Gasteiger partial charge in [0.25, 0.3) is 5.91 Å². The average molecular weight is 359 g/mol. The van der Waals surface area contributed by atoms with E-state index in [-0.39, 0.29) is 0 Å². The SMILES string of the molecule is Cc1cc(C(=O)OCC(=O)Nc2ccc(CC#N)cc2)c2ccccc2n1. The summed E-state index contributed by atoms with van der Waals surface area (Å²) in [5.41, 5.74) is 3.21. The molecule has 6 heteroatoms. The highest BCUT2D eigenvalue weighted by Crippen LogP contribution is 2.19. The van der Waals surface area contributed by atoms with Crippen LogP contribution in [0.5, 0.6) is 0 Å². The molecular weight excluding hydrogens is 342 g/mol. The van der Waals surface area contributed by atoms with E-state index in [0.717, 1.165) is 5.56 Å². The normalized spacial score (nSPS) is 10.2. The number of benzene rings is 2.